The van der Waals surface area contributed by atoms with Crippen molar-refractivity contribution in [1.82, 2.24) is 10.3 Å². The highest BCUT2D eigenvalue weighted by Crippen LogP contribution is 2.19. The summed E-state index contributed by atoms with van der Waals surface area (Å²) < 4.78 is 0. The van der Waals surface area contributed by atoms with Crippen LogP contribution in [0.25, 0.3) is 0 Å². The number of hydrogen-bond acceptors (Lipinski definition) is 2. The second-order valence-corrected chi connectivity index (χ2v) is 3.78. The summed E-state index contributed by atoms with van der Waals surface area (Å²) in [6, 6.07) is 4.42. The van der Waals surface area contributed by atoms with Crippen LogP contribution in [0, 0.1) is 18.8 Å². The minimum absolute atomic E-state index is 0.326. The van der Waals surface area contributed by atoms with E-state index < -0.39 is 0 Å². The monoisotopic (exact) mass is 216 g/mol. The first kappa shape index (κ1) is 12.7. The lowest BCUT2D eigenvalue weighted by molar-refractivity contribution is 0.508. The molecule has 1 rings (SSSR count). The van der Waals surface area contributed by atoms with Gasteiger partial charge in [-0.3, -0.25) is 4.98 Å². The van der Waals surface area contributed by atoms with Gasteiger partial charge in [0.2, 0.25) is 0 Å². The molecule has 0 aliphatic heterocycles. The van der Waals surface area contributed by atoms with Crippen LogP contribution in [0.5, 0.6) is 0 Å². The summed E-state index contributed by atoms with van der Waals surface area (Å²) in [5.41, 5.74) is 2.40. The summed E-state index contributed by atoms with van der Waals surface area (Å²) in [6.07, 6.45) is 3.80. The van der Waals surface area contributed by atoms with E-state index in [0.29, 0.717) is 6.04 Å². The molecule has 0 radical (unpaired) electrons. The van der Waals surface area contributed by atoms with E-state index in [4.69, 9.17) is 0 Å². The second kappa shape index (κ2) is 7.03. The van der Waals surface area contributed by atoms with E-state index in [1.165, 1.54) is 5.56 Å². The van der Waals surface area contributed by atoms with Crippen LogP contribution >= 0.6 is 0 Å². The van der Waals surface area contributed by atoms with Crippen molar-refractivity contribution < 1.29 is 0 Å². The fourth-order valence-corrected chi connectivity index (χ4v) is 1.79. The normalized spacial score (nSPS) is 11.7. The van der Waals surface area contributed by atoms with Gasteiger partial charge >= 0.3 is 0 Å². The molecule has 1 atom stereocenters. The summed E-state index contributed by atoms with van der Waals surface area (Å²) in [7, 11) is 0. The molecule has 1 heterocycles. The Morgan fingerprint density at radius 2 is 2.31 bits per heavy atom. The molecule has 0 aliphatic carbocycles. The number of pyridine rings is 1. The third kappa shape index (κ3) is 3.67. The quantitative estimate of drug-likeness (QED) is 0.766. The van der Waals surface area contributed by atoms with Gasteiger partial charge in [-0.2, -0.15) is 0 Å². The lowest BCUT2D eigenvalue weighted by Crippen LogP contribution is -2.22. The molecule has 1 aromatic heterocycles. The minimum Gasteiger partial charge on any atom is -0.309 e. The van der Waals surface area contributed by atoms with E-state index in [0.717, 1.165) is 25.1 Å². The first-order chi connectivity index (χ1) is 7.79. The van der Waals surface area contributed by atoms with Gasteiger partial charge in [-0.1, -0.05) is 13.0 Å². The highest BCUT2D eigenvalue weighted by Gasteiger charge is 2.12. The maximum Gasteiger partial charge on any atom is 0.0602 e. The number of nitrogens with one attached hydrogen (secondary N) is 1. The van der Waals surface area contributed by atoms with Crippen LogP contribution in [0.4, 0.5) is 0 Å². The van der Waals surface area contributed by atoms with Crippen molar-refractivity contribution >= 4 is 0 Å². The first-order valence-corrected chi connectivity index (χ1v) is 5.84. The maximum absolute atomic E-state index is 4.47. The Labute approximate surface area is 98.5 Å². The Morgan fingerprint density at radius 3 is 2.94 bits per heavy atom. The van der Waals surface area contributed by atoms with Crippen molar-refractivity contribution in [2.24, 2.45) is 0 Å². The van der Waals surface area contributed by atoms with Crippen LogP contribution in [0.2, 0.25) is 0 Å². The molecule has 0 spiro atoms. The number of aryl methyl sites for hydroxylation is 1. The lowest BCUT2D eigenvalue weighted by atomic mass is 10.0. The SMILES string of the molecule is CC#CCCC(NCC)c1ncccc1C. The topological polar surface area (TPSA) is 24.9 Å². The van der Waals surface area contributed by atoms with Gasteiger partial charge in [-0.05, 0) is 38.4 Å². The minimum atomic E-state index is 0.326. The molecule has 0 aliphatic rings. The standard InChI is InChI=1S/C14H20N2/c1-4-6-7-10-13(15-5-2)14-12(3)9-8-11-16-14/h8-9,11,13,15H,5,7,10H2,1-3H3. The molecular weight excluding hydrogens is 196 g/mol. The Hall–Kier alpha value is -1.33. The zero-order valence-electron chi connectivity index (χ0n) is 10.4. The van der Waals surface area contributed by atoms with Crippen LogP contribution in [0.15, 0.2) is 18.3 Å². The van der Waals surface area contributed by atoms with E-state index in [1.807, 2.05) is 19.2 Å². The van der Waals surface area contributed by atoms with Crippen LogP contribution in [-0.4, -0.2) is 11.5 Å². The third-order valence-corrected chi connectivity index (χ3v) is 2.57. The van der Waals surface area contributed by atoms with Crippen LogP contribution < -0.4 is 5.32 Å². The molecule has 0 saturated carbocycles. The maximum atomic E-state index is 4.47. The van der Waals surface area contributed by atoms with Gasteiger partial charge in [0, 0.05) is 12.6 Å². The zero-order chi connectivity index (χ0) is 11.8. The number of nitrogens with zero attached hydrogens (tertiary/aromatic N) is 1. The van der Waals surface area contributed by atoms with Crippen LogP contribution in [0.1, 0.15) is 44.0 Å². The molecule has 1 N–H and O–H groups in total. The van der Waals surface area contributed by atoms with Crippen molar-refractivity contribution in [3.05, 3.63) is 29.6 Å². The van der Waals surface area contributed by atoms with E-state index >= 15 is 0 Å². The molecule has 0 aromatic carbocycles. The molecular formula is C14H20N2. The van der Waals surface area contributed by atoms with E-state index in [-0.39, 0.29) is 0 Å². The van der Waals surface area contributed by atoms with Gasteiger partial charge in [0.25, 0.3) is 0 Å². The Kier molecular flexibility index (Phi) is 5.60. The van der Waals surface area contributed by atoms with Gasteiger partial charge < -0.3 is 5.32 Å². The molecule has 0 fully saturated rings. The molecule has 16 heavy (non-hydrogen) atoms. The molecule has 0 amide bonds. The summed E-state index contributed by atoms with van der Waals surface area (Å²) >= 11 is 0. The van der Waals surface area contributed by atoms with Gasteiger partial charge in [0.05, 0.1) is 11.7 Å². The summed E-state index contributed by atoms with van der Waals surface area (Å²) in [6.45, 7) is 7.07. The fourth-order valence-electron chi connectivity index (χ4n) is 1.79. The van der Waals surface area contributed by atoms with Crippen LogP contribution in [-0.2, 0) is 0 Å². The molecule has 2 heteroatoms. The Morgan fingerprint density at radius 1 is 1.50 bits per heavy atom. The van der Waals surface area contributed by atoms with Crippen molar-refractivity contribution in [2.45, 2.75) is 39.7 Å². The predicted molar refractivity (Wildman–Crippen MR) is 68.1 cm³/mol. The summed E-state index contributed by atoms with van der Waals surface area (Å²) in [5, 5.41) is 3.47. The van der Waals surface area contributed by atoms with Gasteiger partial charge in [0.15, 0.2) is 0 Å². The second-order valence-electron chi connectivity index (χ2n) is 3.78. The van der Waals surface area contributed by atoms with Gasteiger partial charge in [0.1, 0.15) is 0 Å². The zero-order valence-corrected chi connectivity index (χ0v) is 10.4. The van der Waals surface area contributed by atoms with Crippen LogP contribution in [0.3, 0.4) is 0 Å². The number of aromatic nitrogens is 1. The number of hydrogen-bond donors (Lipinski definition) is 1. The van der Waals surface area contributed by atoms with Crippen molar-refractivity contribution in [2.75, 3.05) is 6.54 Å². The molecule has 2 nitrogen and oxygen atoms in total. The smallest absolute Gasteiger partial charge is 0.0602 e. The summed E-state index contributed by atoms with van der Waals surface area (Å²) in [4.78, 5) is 4.47. The average Bonchev–Trinajstić information content (AvgIpc) is 2.29. The largest absolute Gasteiger partial charge is 0.309 e. The Balaban J connectivity index is 2.75. The molecule has 86 valence electrons. The van der Waals surface area contributed by atoms with Crippen molar-refractivity contribution in [1.29, 1.82) is 0 Å². The van der Waals surface area contributed by atoms with E-state index in [1.54, 1.807) is 0 Å². The lowest BCUT2D eigenvalue weighted by Gasteiger charge is -2.17. The fraction of sp³-hybridized carbons (Fsp3) is 0.500. The van der Waals surface area contributed by atoms with Crippen molar-refractivity contribution in [3.8, 4) is 11.8 Å². The summed E-state index contributed by atoms with van der Waals surface area (Å²) in [5.74, 6) is 6.04. The third-order valence-electron chi connectivity index (χ3n) is 2.57. The van der Waals surface area contributed by atoms with Gasteiger partial charge in [-0.25, -0.2) is 0 Å². The van der Waals surface area contributed by atoms with Crippen molar-refractivity contribution in [3.63, 3.8) is 0 Å². The molecule has 0 bridgehead atoms. The van der Waals surface area contributed by atoms with E-state index in [9.17, 15) is 0 Å². The van der Waals surface area contributed by atoms with E-state index in [2.05, 4.69) is 42.1 Å². The van der Waals surface area contributed by atoms with Gasteiger partial charge in [-0.15, -0.1) is 11.8 Å². The molecule has 1 aromatic rings. The average molecular weight is 216 g/mol. The number of rotatable bonds is 5. The highest BCUT2D eigenvalue weighted by atomic mass is 14.9. The predicted octanol–water partition coefficient (Wildman–Crippen LogP) is 2.84. The Bertz CT molecular complexity index is 374. The highest BCUT2D eigenvalue weighted by molar-refractivity contribution is 5.21. The first-order valence-electron chi connectivity index (χ1n) is 5.84. The molecule has 0 saturated heterocycles. The molecule has 1 unspecified atom stereocenters.